The van der Waals surface area contributed by atoms with E-state index in [1.165, 1.54) is 0 Å². The Labute approximate surface area is 81.2 Å². The maximum Gasteiger partial charge on any atom is 0.176 e. The van der Waals surface area contributed by atoms with Crippen LogP contribution in [0.15, 0.2) is 24.8 Å². The normalized spacial score (nSPS) is 11.3. The number of rotatable bonds is 8. The van der Waals surface area contributed by atoms with Crippen LogP contribution in [0.4, 0.5) is 0 Å². The SMILES string of the molecule is C=CCC/C=C/C(OCC)OCC. The fourth-order valence-corrected chi connectivity index (χ4v) is 0.909. The molecule has 2 nitrogen and oxygen atoms in total. The van der Waals surface area contributed by atoms with Gasteiger partial charge in [-0.2, -0.15) is 0 Å². The van der Waals surface area contributed by atoms with Crippen LogP contribution in [0.1, 0.15) is 26.7 Å². The molecule has 0 aliphatic heterocycles. The van der Waals surface area contributed by atoms with Gasteiger partial charge in [0.05, 0.1) is 0 Å². The van der Waals surface area contributed by atoms with Gasteiger partial charge in [0, 0.05) is 13.2 Å². The highest BCUT2D eigenvalue weighted by molar-refractivity contribution is 4.87. The van der Waals surface area contributed by atoms with Gasteiger partial charge >= 0.3 is 0 Å². The van der Waals surface area contributed by atoms with Crippen LogP contribution in [0, 0.1) is 0 Å². The predicted octanol–water partition coefficient (Wildman–Crippen LogP) is 2.91. The zero-order valence-corrected chi connectivity index (χ0v) is 8.66. The van der Waals surface area contributed by atoms with Crippen molar-refractivity contribution < 1.29 is 9.47 Å². The average molecular weight is 184 g/mol. The molecule has 13 heavy (non-hydrogen) atoms. The van der Waals surface area contributed by atoms with Crippen LogP contribution in [0.25, 0.3) is 0 Å². The monoisotopic (exact) mass is 184 g/mol. The molecule has 0 rings (SSSR count). The molecule has 2 heteroatoms. The zero-order valence-electron chi connectivity index (χ0n) is 8.66. The summed E-state index contributed by atoms with van der Waals surface area (Å²) in [6, 6.07) is 0. The van der Waals surface area contributed by atoms with Crippen molar-refractivity contribution in [2.24, 2.45) is 0 Å². The van der Waals surface area contributed by atoms with Gasteiger partial charge in [0.25, 0.3) is 0 Å². The van der Waals surface area contributed by atoms with Gasteiger partial charge in [-0.15, -0.1) is 6.58 Å². The molecule has 0 aromatic rings. The summed E-state index contributed by atoms with van der Waals surface area (Å²) in [5.41, 5.74) is 0. The minimum atomic E-state index is -0.181. The van der Waals surface area contributed by atoms with Gasteiger partial charge in [0.1, 0.15) is 0 Å². The molecule has 0 radical (unpaired) electrons. The number of hydrogen-bond donors (Lipinski definition) is 0. The molecule has 0 heterocycles. The third-order valence-corrected chi connectivity index (χ3v) is 1.49. The van der Waals surface area contributed by atoms with Crippen molar-refractivity contribution in [2.75, 3.05) is 13.2 Å². The van der Waals surface area contributed by atoms with Crippen LogP contribution in [0.5, 0.6) is 0 Å². The lowest BCUT2D eigenvalue weighted by molar-refractivity contribution is -0.104. The van der Waals surface area contributed by atoms with Crippen LogP contribution < -0.4 is 0 Å². The Morgan fingerprint density at radius 2 is 1.77 bits per heavy atom. The van der Waals surface area contributed by atoms with Crippen molar-refractivity contribution in [1.82, 2.24) is 0 Å². The van der Waals surface area contributed by atoms with Gasteiger partial charge in [-0.25, -0.2) is 0 Å². The van der Waals surface area contributed by atoms with Crippen molar-refractivity contribution in [2.45, 2.75) is 33.0 Å². The molecule has 0 amide bonds. The summed E-state index contributed by atoms with van der Waals surface area (Å²) in [7, 11) is 0. The Morgan fingerprint density at radius 1 is 1.15 bits per heavy atom. The minimum absolute atomic E-state index is 0.181. The topological polar surface area (TPSA) is 18.5 Å². The van der Waals surface area contributed by atoms with Gasteiger partial charge in [-0.3, -0.25) is 0 Å². The Balaban J connectivity index is 3.64. The highest BCUT2D eigenvalue weighted by Gasteiger charge is 2.00. The summed E-state index contributed by atoms with van der Waals surface area (Å²) < 4.78 is 10.7. The summed E-state index contributed by atoms with van der Waals surface area (Å²) in [5, 5.41) is 0. The van der Waals surface area contributed by atoms with Gasteiger partial charge < -0.3 is 9.47 Å². The Bertz CT molecular complexity index is 135. The first-order valence-electron chi connectivity index (χ1n) is 4.85. The van der Waals surface area contributed by atoms with Gasteiger partial charge in [-0.1, -0.05) is 12.2 Å². The molecule has 0 bridgehead atoms. The Hall–Kier alpha value is -0.600. The molecule has 0 aliphatic carbocycles. The van der Waals surface area contributed by atoms with Crippen molar-refractivity contribution in [1.29, 1.82) is 0 Å². The van der Waals surface area contributed by atoms with Gasteiger partial charge in [0.2, 0.25) is 0 Å². The largest absolute Gasteiger partial charge is 0.349 e. The molecular formula is C11H20O2. The number of ether oxygens (including phenoxy) is 2. The maximum atomic E-state index is 5.33. The molecule has 0 aromatic carbocycles. The summed E-state index contributed by atoms with van der Waals surface area (Å²) in [6.07, 6.45) is 7.75. The van der Waals surface area contributed by atoms with E-state index in [1.807, 2.05) is 26.0 Å². The lowest BCUT2D eigenvalue weighted by Crippen LogP contribution is -2.13. The second-order valence-corrected chi connectivity index (χ2v) is 2.57. The fraction of sp³-hybridized carbons (Fsp3) is 0.636. The van der Waals surface area contributed by atoms with Crippen molar-refractivity contribution in [3.63, 3.8) is 0 Å². The Kier molecular flexibility index (Phi) is 9.05. The zero-order chi connectivity index (χ0) is 9.94. The lowest BCUT2D eigenvalue weighted by Gasteiger charge is -2.11. The van der Waals surface area contributed by atoms with Crippen LogP contribution in [-0.2, 0) is 9.47 Å². The van der Waals surface area contributed by atoms with Crippen molar-refractivity contribution in [3.8, 4) is 0 Å². The van der Waals surface area contributed by atoms with E-state index in [2.05, 4.69) is 12.7 Å². The van der Waals surface area contributed by atoms with E-state index in [0.717, 1.165) is 12.8 Å². The van der Waals surface area contributed by atoms with E-state index in [1.54, 1.807) is 0 Å². The third-order valence-electron chi connectivity index (χ3n) is 1.49. The van der Waals surface area contributed by atoms with Crippen molar-refractivity contribution in [3.05, 3.63) is 24.8 Å². The van der Waals surface area contributed by atoms with Crippen molar-refractivity contribution >= 4 is 0 Å². The van der Waals surface area contributed by atoms with E-state index in [-0.39, 0.29) is 6.29 Å². The molecule has 0 spiro atoms. The molecule has 0 fully saturated rings. The maximum absolute atomic E-state index is 5.33. The van der Waals surface area contributed by atoms with E-state index in [4.69, 9.17) is 9.47 Å². The summed E-state index contributed by atoms with van der Waals surface area (Å²) in [5.74, 6) is 0. The van der Waals surface area contributed by atoms with Crippen LogP contribution in [0.2, 0.25) is 0 Å². The van der Waals surface area contributed by atoms with Crippen LogP contribution in [0.3, 0.4) is 0 Å². The minimum Gasteiger partial charge on any atom is -0.349 e. The molecule has 76 valence electrons. The molecule has 0 aromatic heterocycles. The predicted molar refractivity (Wildman–Crippen MR) is 55.6 cm³/mol. The highest BCUT2D eigenvalue weighted by Crippen LogP contribution is 1.99. The smallest absolute Gasteiger partial charge is 0.176 e. The molecule has 0 saturated carbocycles. The van der Waals surface area contributed by atoms with E-state index < -0.39 is 0 Å². The average Bonchev–Trinajstić information content (AvgIpc) is 2.13. The Morgan fingerprint density at radius 3 is 2.23 bits per heavy atom. The number of hydrogen-bond acceptors (Lipinski definition) is 2. The summed E-state index contributed by atoms with van der Waals surface area (Å²) in [4.78, 5) is 0. The number of unbranched alkanes of at least 4 members (excludes halogenated alkanes) is 1. The first-order chi connectivity index (χ1) is 6.35. The molecule has 0 saturated heterocycles. The van der Waals surface area contributed by atoms with E-state index in [0.29, 0.717) is 13.2 Å². The highest BCUT2D eigenvalue weighted by atomic mass is 16.7. The van der Waals surface area contributed by atoms with Crippen LogP contribution >= 0.6 is 0 Å². The first-order valence-corrected chi connectivity index (χ1v) is 4.85. The second-order valence-electron chi connectivity index (χ2n) is 2.57. The third kappa shape index (κ3) is 7.75. The molecule has 0 atom stereocenters. The molecule has 0 aliphatic rings. The number of allylic oxidation sites excluding steroid dienone is 2. The standard InChI is InChI=1S/C11H20O2/c1-4-7-8-9-10-11(12-5-2)13-6-3/h4,9-11H,1,5-8H2,2-3H3/b10-9+. The molecule has 0 N–H and O–H groups in total. The van der Waals surface area contributed by atoms with E-state index >= 15 is 0 Å². The van der Waals surface area contributed by atoms with Gasteiger partial charge in [-0.05, 0) is 32.8 Å². The first kappa shape index (κ1) is 12.4. The van der Waals surface area contributed by atoms with Crippen LogP contribution in [-0.4, -0.2) is 19.5 Å². The lowest BCUT2D eigenvalue weighted by atomic mass is 10.3. The molecular weight excluding hydrogens is 164 g/mol. The second kappa shape index (κ2) is 9.49. The fourth-order valence-electron chi connectivity index (χ4n) is 0.909. The van der Waals surface area contributed by atoms with Gasteiger partial charge in [0.15, 0.2) is 6.29 Å². The van der Waals surface area contributed by atoms with E-state index in [9.17, 15) is 0 Å². The quantitative estimate of drug-likeness (QED) is 0.328. The molecule has 0 unspecified atom stereocenters. The summed E-state index contributed by atoms with van der Waals surface area (Å²) >= 11 is 0. The summed E-state index contributed by atoms with van der Waals surface area (Å²) in [6.45, 7) is 8.93.